The molecule has 0 aliphatic rings. The molecule has 1 rings (SSSR count). The summed E-state index contributed by atoms with van der Waals surface area (Å²) in [5, 5.41) is 13.6. The summed E-state index contributed by atoms with van der Waals surface area (Å²) in [5.41, 5.74) is 1.12. The topological polar surface area (TPSA) is 63.2 Å². The minimum Gasteiger partial charge on any atom is -0.493 e. The van der Waals surface area contributed by atoms with Crippen molar-refractivity contribution >= 4 is 0 Å². The number of nitrogens with zero attached hydrogens (tertiary/aromatic N) is 1. The fourth-order valence-electron chi connectivity index (χ4n) is 2.47. The maximum absolute atomic E-state index is 10.2. The lowest BCUT2D eigenvalue weighted by molar-refractivity contribution is 0.0668. The van der Waals surface area contributed by atoms with Crippen LogP contribution in [0.15, 0.2) is 18.2 Å². The third kappa shape index (κ3) is 9.96. The molecule has 2 N–H and O–H groups in total. The van der Waals surface area contributed by atoms with Crippen molar-refractivity contribution in [1.82, 2.24) is 10.2 Å². The van der Waals surface area contributed by atoms with Crippen molar-refractivity contribution in [2.24, 2.45) is 0 Å². The summed E-state index contributed by atoms with van der Waals surface area (Å²) in [6, 6.07) is 6.28. The number of ether oxygens (including phenoxy) is 3. The van der Waals surface area contributed by atoms with Crippen LogP contribution < -0.4 is 14.8 Å². The second kappa shape index (κ2) is 12.9. The van der Waals surface area contributed by atoms with Crippen LogP contribution in [0, 0.1) is 0 Å². The zero-order chi connectivity index (χ0) is 20.2. The van der Waals surface area contributed by atoms with Crippen molar-refractivity contribution < 1.29 is 19.3 Å². The van der Waals surface area contributed by atoms with Crippen LogP contribution in [0.25, 0.3) is 0 Å². The number of rotatable bonds is 14. The molecule has 27 heavy (non-hydrogen) atoms. The molecule has 0 amide bonds. The monoisotopic (exact) mass is 382 g/mol. The number of nitrogens with one attached hydrogen (secondary N) is 1. The van der Waals surface area contributed by atoms with Crippen LogP contribution in [0.4, 0.5) is 0 Å². The average Bonchev–Trinajstić information content (AvgIpc) is 2.62. The first-order chi connectivity index (χ1) is 12.8. The van der Waals surface area contributed by atoms with Crippen molar-refractivity contribution in [2.75, 3.05) is 40.5 Å². The SMILES string of the molecule is COc1ccc(CNCCCOC(C)C)cc1OC[C@H](O)CN(C)C(C)C. The van der Waals surface area contributed by atoms with Crippen LogP contribution in [-0.2, 0) is 11.3 Å². The summed E-state index contributed by atoms with van der Waals surface area (Å²) in [6.07, 6.45) is 0.708. The van der Waals surface area contributed by atoms with E-state index >= 15 is 0 Å². The molecule has 0 aliphatic carbocycles. The second-order valence-electron chi connectivity index (χ2n) is 7.43. The number of hydrogen-bond donors (Lipinski definition) is 2. The maximum atomic E-state index is 10.2. The molecule has 0 fully saturated rings. The lowest BCUT2D eigenvalue weighted by Crippen LogP contribution is -2.37. The Morgan fingerprint density at radius 1 is 1.15 bits per heavy atom. The largest absolute Gasteiger partial charge is 0.493 e. The van der Waals surface area contributed by atoms with Gasteiger partial charge in [0.05, 0.1) is 13.2 Å². The smallest absolute Gasteiger partial charge is 0.161 e. The number of methoxy groups -OCH3 is 1. The van der Waals surface area contributed by atoms with E-state index in [4.69, 9.17) is 14.2 Å². The Morgan fingerprint density at radius 2 is 1.89 bits per heavy atom. The van der Waals surface area contributed by atoms with Crippen LogP contribution in [0.2, 0.25) is 0 Å². The standard InChI is InChI=1S/C21H38N2O4/c1-16(2)23(5)14-19(24)15-27-21-12-18(8-9-20(21)25-6)13-22-10-7-11-26-17(3)4/h8-9,12,16-17,19,22,24H,7,10-11,13-15H2,1-6H3/t19-/m1/s1. The quantitative estimate of drug-likeness (QED) is 0.483. The summed E-state index contributed by atoms with van der Waals surface area (Å²) in [7, 11) is 3.62. The molecule has 0 spiro atoms. The van der Waals surface area contributed by atoms with Crippen LogP contribution in [0.5, 0.6) is 11.5 Å². The molecule has 0 heterocycles. The highest BCUT2D eigenvalue weighted by molar-refractivity contribution is 5.43. The summed E-state index contributed by atoms with van der Waals surface area (Å²) < 4.78 is 16.7. The molecule has 1 aromatic carbocycles. The fourth-order valence-corrected chi connectivity index (χ4v) is 2.47. The predicted octanol–water partition coefficient (Wildman–Crippen LogP) is 2.68. The Labute approximate surface area is 164 Å². The minimum atomic E-state index is -0.551. The number of likely N-dealkylation sites (N-methyl/N-ethyl adjacent to an activating group) is 1. The van der Waals surface area contributed by atoms with Crippen LogP contribution >= 0.6 is 0 Å². The lowest BCUT2D eigenvalue weighted by Gasteiger charge is -2.24. The summed E-state index contributed by atoms with van der Waals surface area (Å²) in [5.74, 6) is 1.33. The second-order valence-corrected chi connectivity index (χ2v) is 7.43. The van der Waals surface area contributed by atoms with E-state index in [9.17, 15) is 5.11 Å². The van der Waals surface area contributed by atoms with E-state index in [1.165, 1.54) is 0 Å². The lowest BCUT2D eigenvalue weighted by atomic mass is 10.2. The number of aliphatic hydroxyl groups is 1. The highest BCUT2D eigenvalue weighted by Crippen LogP contribution is 2.28. The molecule has 0 radical (unpaired) electrons. The minimum absolute atomic E-state index is 0.233. The van der Waals surface area contributed by atoms with Crippen molar-refractivity contribution in [3.8, 4) is 11.5 Å². The zero-order valence-corrected chi connectivity index (χ0v) is 17.8. The highest BCUT2D eigenvalue weighted by Gasteiger charge is 2.13. The van der Waals surface area contributed by atoms with Gasteiger partial charge in [-0.2, -0.15) is 0 Å². The Kier molecular flexibility index (Phi) is 11.4. The first-order valence-electron chi connectivity index (χ1n) is 9.83. The van der Waals surface area contributed by atoms with E-state index < -0.39 is 6.10 Å². The third-order valence-electron chi connectivity index (χ3n) is 4.32. The maximum Gasteiger partial charge on any atom is 0.161 e. The first-order valence-corrected chi connectivity index (χ1v) is 9.83. The third-order valence-corrected chi connectivity index (χ3v) is 4.32. The summed E-state index contributed by atoms with van der Waals surface area (Å²) >= 11 is 0. The van der Waals surface area contributed by atoms with Gasteiger partial charge in [-0.25, -0.2) is 0 Å². The molecule has 0 unspecified atom stereocenters. The molecule has 1 atom stereocenters. The van der Waals surface area contributed by atoms with Gasteiger partial charge < -0.3 is 29.5 Å². The van der Waals surface area contributed by atoms with Crippen LogP contribution in [-0.4, -0.2) is 68.7 Å². The van der Waals surface area contributed by atoms with E-state index in [0.717, 1.165) is 31.7 Å². The number of hydrogen-bond acceptors (Lipinski definition) is 6. The molecule has 1 aromatic rings. The normalized spacial score (nSPS) is 12.8. The van der Waals surface area contributed by atoms with E-state index in [1.807, 2.05) is 39.1 Å². The summed E-state index contributed by atoms with van der Waals surface area (Å²) in [4.78, 5) is 2.09. The van der Waals surface area contributed by atoms with E-state index in [1.54, 1.807) is 7.11 Å². The molecular formula is C21H38N2O4. The van der Waals surface area contributed by atoms with Crippen molar-refractivity contribution in [3.05, 3.63) is 23.8 Å². The molecule has 0 aromatic heterocycles. The molecule has 0 saturated heterocycles. The van der Waals surface area contributed by atoms with Gasteiger partial charge in [0.1, 0.15) is 12.7 Å². The molecule has 6 nitrogen and oxygen atoms in total. The summed E-state index contributed by atoms with van der Waals surface area (Å²) in [6.45, 7) is 11.5. The van der Waals surface area contributed by atoms with Gasteiger partial charge in [-0.15, -0.1) is 0 Å². The van der Waals surface area contributed by atoms with Crippen molar-refractivity contribution in [3.63, 3.8) is 0 Å². The highest BCUT2D eigenvalue weighted by atomic mass is 16.5. The van der Waals surface area contributed by atoms with Crippen molar-refractivity contribution in [2.45, 2.75) is 58.9 Å². The van der Waals surface area contributed by atoms with Crippen LogP contribution in [0.1, 0.15) is 39.7 Å². The molecule has 0 bridgehead atoms. The van der Waals surface area contributed by atoms with Crippen LogP contribution in [0.3, 0.4) is 0 Å². The van der Waals surface area contributed by atoms with Gasteiger partial charge in [0.25, 0.3) is 0 Å². The van der Waals surface area contributed by atoms with E-state index in [0.29, 0.717) is 24.1 Å². The molecule has 0 aliphatic heterocycles. The van der Waals surface area contributed by atoms with Gasteiger partial charge in [0.15, 0.2) is 11.5 Å². The van der Waals surface area contributed by atoms with Crippen molar-refractivity contribution in [1.29, 1.82) is 0 Å². The van der Waals surface area contributed by atoms with Gasteiger partial charge in [0, 0.05) is 25.7 Å². The Bertz CT molecular complexity index is 523. The molecule has 0 saturated carbocycles. The Hall–Kier alpha value is -1.34. The van der Waals surface area contributed by atoms with E-state index in [-0.39, 0.29) is 12.7 Å². The predicted molar refractivity (Wildman–Crippen MR) is 110 cm³/mol. The number of aliphatic hydroxyl groups excluding tert-OH is 1. The molecule has 156 valence electrons. The first kappa shape index (κ1) is 23.7. The Balaban J connectivity index is 2.47. The van der Waals surface area contributed by atoms with Gasteiger partial charge in [0.2, 0.25) is 0 Å². The van der Waals surface area contributed by atoms with Gasteiger partial charge in [-0.3, -0.25) is 0 Å². The fraction of sp³-hybridized carbons (Fsp3) is 0.714. The molecule has 6 heteroatoms. The van der Waals surface area contributed by atoms with Gasteiger partial charge in [-0.1, -0.05) is 6.07 Å². The van der Waals surface area contributed by atoms with Gasteiger partial charge in [-0.05, 0) is 65.4 Å². The molecular weight excluding hydrogens is 344 g/mol. The average molecular weight is 383 g/mol. The van der Waals surface area contributed by atoms with E-state index in [2.05, 4.69) is 24.1 Å². The number of benzene rings is 1. The zero-order valence-electron chi connectivity index (χ0n) is 17.8. The van der Waals surface area contributed by atoms with Gasteiger partial charge >= 0.3 is 0 Å². The Morgan fingerprint density at radius 3 is 2.52 bits per heavy atom.